The molecule has 0 fully saturated rings. The molecule has 0 aliphatic heterocycles. The van der Waals surface area contributed by atoms with Crippen molar-refractivity contribution in [2.45, 2.75) is 12.3 Å². The van der Waals surface area contributed by atoms with Crippen LogP contribution in [0.1, 0.15) is 23.6 Å². The molecule has 58 heavy (non-hydrogen) atoms. The highest BCUT2D eigenvalue weighted by molar-refractivity contribution is 7.25. The average molecular weight is 758 g/mol. The van der Waals surface area contributed by atoms with Crippen LogP contribution in [0.5, 0.6) is 0 Å². The van der Waals surface area contributed by atoms with Gasteiger partial charge in [-0.3, -0.25) is 0 Å². The second kappa shape index (κ2) is 13.9. The Hall–Kier alpha value is -7.00. The van der Waals surface area contributed by atoms with E-state index in [0.717, 1.165) is 17.1 Å². The van der Waals surface area contributed by atoms with Crippen LogP contribution >= 0.6 is 11.3 Å². The van der Waals surface area contributed by atoms with E-state index < -0.39 is 0 Å². The summed E-state index contributed by atoms with van der Waals surface area (Å²) >= 11 is 1.89. The largest absolute Gasteiger partial charge is 0.310 e. The standard InChI is InChI=1S/C56H39NS/c1-56(50-19-10-8-17-47(50)48-18-9-11-20-51(48)56)52-21-12-22-53-55(52)49-36-35-46(37-54(49)58-53)57(44-31-27-42(28-32-44)39-15-6-3-7-16-39)45-33-29-43(30-34-45)41-25-23-40(24-26-41)38-13-4-2-5-14-38/h2-37H,1H3. The van der Waals surface area contributed by atoms with Crippen LogP contribution in [-0.2, 0) is 5.41 Å². The molecule has 0 spiro atoms. The highest BCUT2D eigenvalue weighted by atomic mass is 32.1. The molecule has 0 atom stereocenters. The maximum absolute atomic E-state index is 2.42. The lowest BCUT2D eigenvalue weighted by molar-refractivity contribution is 0.722. The normalized spacial score (nSPS) is 12.7. The van der Waals surface area contributed by atoms with Gasteiger partial charge in [0.15, 0.2) is 0 Å². The second-order valence-electron chi connectivity index (χ2n) is 15.4. The van der Waals surface area contributed by atoms with Crippen LogP contribution in [0.2, 0.25) is 0 Å². The van der Waals surface area contributed by atoms with Crippen molar-refractivity contribution in [1.82, 2.24) is 0 Å². The summed E-state index contributed by atoms with van der Waals surface area (Å²) in [5.41, 5.74) is 17.2. The molecule has 0 N–H and O–H groups in total. The van der Waals surface area contributed by atoms with E-state index in [2.05, 4.69) is 230 Å². The van der Waals surface area contributed by atoms with Gasteiger partial charge in [-0.2, -0.15) is 0 Å². The van der Waals surface area contributed by atoms with Crippen LogP contribution in [0.4, 0.5) is 17.1 Å². The van der Waals surface area contributed by atoms with Gasteiger partial charge in [-0.05, 0) is 111 Å². The molecule has 1 heterocycles. The van der Waals surface area contributed by atoms with Crippen molar-refractivity contribution in [3.63, 3.8) is 0 Å². The van der Waals surface area contributed by atoms with Gasteiger partial charge in [0, 0.05) is 42.6 Å². The van der Waals surface area contributed by atoms with Gasteiger partial charge in [0.05, 0.1) is 0 Å². The predicted molar refractivity (Wildman–Crippen MR) is 248 cm³/mol. The zero-order chi connectivity index (χ0) is 38.6. The Morgan fingerprint density at radius 3 is 1.28 bits per heavy atom. The van der Waals surface area contributed by atoms with Crippen LogP contribution in [-0.4, -0.2) is 0 Å². The molecular weight excluding hydrogens is 719 g/mol. The Kier molecular flexibility index (Phi) is 8.20. The molecule has 0 saturated heterocycles. The number of rotatable bonds is 7. The van der Waals surface area contributed by atoms with Crippen molar-refractivity contribution in [3.05, 3.63) is 235 Å². The first-order valence-corrected chi connectivity index (χ1v) is 20.8. The van der Waals surface area contributed by atoms with E-state index in [9.17, 15) is 0 Å². The van der Waals surface area contributed by atoms with E-state index in [1.807, 2.05) is 11.3 Å². The summed E-state index contributed by atoms with van der Waals surface area (Å²) < 4.78 is 2.60. The fraction of sp³-hybridized carbons (Fsp3) is 0.0357. The van der Waals surface area contributed by atoms with Crippen LogP contribution < -0.4 is 4.90 Å². The van der Waals surface area contributed by atoms with Crippen LogP contribution in [0.15, 0.2) is 218 Å². The molecule has 1 aromatic heterocycles. The predicted octanol–water partition coefficient (Wildman–Crippen LogP) is 15.9. The number of thiophene rings is 1. The third-order valence-corrected chi connectivity index (χ3v) is 13.3. The van der Waals surface area contributed by atoms with Gasteiger partial charge in [-0.1, -0.05) is 176 Å². The summed E-state index contributed by atoms with van der Waals surface area (Å²) in [6, 6.07) is 80.0. The summed E-state index contributed by atoms with van der Waals surface area (Å²) in [6.07, 6.45) is 0. The van der Waals surface area contributed by atoms with E-state index in [4.69, 9.17) is 0 Å². The zero-order valence-electron chi connectivity index (χ0n) is 32.1. The summed E-state index contributed by atoms with van der Waals surface area (Å²) in [6.45, 7) is 2.42. The fourth-order valence-electron chi connectivity index (χ4n) is 9.28. The highest BCUT2D eigenvalue weighted by Crippen LogP contribution is 2.55. The van der Waals surface area contributed by atoms with Gasteiger partial charge in [-0.15, -0.1) is 11.3 Å². The molecule has 0 unspecified atom stereocenters. The molecule has 0 radical (unpaired) electrons. The van der Waals surface area contributed by atoms with E-state index >= 15 is 0 Å². The first kappa shape index (κ1) is 34.3. The van der Waals surface area contributed by atoms with Crippen LogP contribution in [0.25, 0.3) is 64.7 Å². The Balaban J connectivity index is 1.02. The summed E-state index contributed by atoms with van der Waals surface area (Å²) in [5, 5.41) is 2.65. The third-order valence-electron chi connectivity index (χ3n) is 12.2. The summed E-state index contributed by atoms with van der Waals surface area (Å²) in [4.78, 5) is 2.40. The van der Waals surface area contributed by atoms with Gasteiger partial charge in [0.2, 0.25) is 0 Å². The minimum Gasteiger partial charge on any atom is -0.310 e. The minimum atomic E-state index is -0.268. The molecule has 0 saturated carbocycles. The topological polar surface area (TPSA) is 3.24 Å². The van der Waals surface area contributed by atoms with E-state index in [1.54, 1.807) is 0 Å². The molecule has 9 aromatic carbocycles. The van der Waals surface area contributed by atoms with Crippen molar-refractivity contribution in [3.8, 4) is 44.5 Å². The quantitative estimate of drug-likeness (QED) is 0.156. The molecule has 2 heteroatoms. The molecule has 0 bridgehead atoms. The maximum Gasteiger partial charge on any atom is 0.0476 e. The highest BCUT2D eigenvalue weighted by Gasteiger charge is 2.41. The Morgan fingerprint density at radius 1 is 0.345 bits per heavy atom. The van der Waals surface area contributed by atoms with Crippen molar-refractivity contribution >= 4 is 48.6 Å². The molecule has 1 aliphatic rings. The SMILES string of the molecule is CC1(c2cccc3sc4cc(N(c5ccc(-c6ccccc6)cc5)c5ccc(-c6ccc(-c7ccccc7)cc6)cc5)ccc4c23)c2ccccc2-c2ccccc21. The molecule has 0 amide bonds. The smallest absolute Gasteiger partial charge is 0.0476 e. The fourth-order valence-corrected chi connectivity index (χ4v) is 10.4. The van der Waals surface area contributed by atoms with E-state index in [0.29, 0.717) is 0 Å². The lowest BCUT2D eigenvalue weighted by Crippen LogP contribution is -2.22. The first-order valence-electron chi connectivity index (χ1n) is 20.0. The lowest BCUT2D eigenvalue weighted by Gasteiger charge is -2.29. The molecule has 1 aliphatic carbocycles. The van der Waals surface area contributed by atoms with Gasteiger partial charge in [0.1, 0.15) is 0 Å². The van der Waals surface area contributed by atoms with Gasteiger partial charge in [-0.25, -0.2) is 0 Å². The number of fused-ring (bicyclic) bond motifs is 6. The Labute approximate surface area is 343 Å². The minimum absolute atomic E-state index is 0.268. The zero-order valence-corrected chi connectivity index (χ0v) is 33.0. The number of benzene rings is 9. The van der Waals surface area contributed by atoms with Gasteiger partial charge >= 0.3 is 0 Å². The number of anilines is 3. The van der Waals surface area contributed by atoms with Crippen LogP contribution in [0.3, 0.4) is 0 Å². The summed E-state index contributed by atoms with van der Waals surface area (Å²) in [7, 11) is 0. The molecule has 10 aromatic rings. The van der Waals surface area contributed by atoms with Crippen molar-refractivity contribution in [2.24, 2.45) is 0 Å². The van der Waals surface area contributed by atoms with E-state index in [1.165, 1.54) is 81.4 Å². The second-order valence-corrected chi connectivity index (χ2v) is 16.5. The number of hydrogen-bond donors (Lipinski definition) is 0. The molecule has 1 nitrogen and oxygen atoms in total. The third kappa shape index (κ3) is 5.60. The monoisotopic (exact) mass is 757 g/mol. The Morgan fingerprint density at radius 2 is 0.759 bits per heavy atom. The van der Waals surface area contributed by atoms with Crippen molar-refractivity contribution in [2.75, 3.05) is 4.90 Å². The Bertz CT molecular complexity index is 3040. The molecule has 11 rings (SSSR count). The summed E-state index contributed by atoms with van der Waals surface area (Å²) in [5.74, 6) is 0. The van der Waals surface area contributed by atoms with Gasteiger partial charge < -0.3 is 4.90 Å². The average Bonchev–Trinajstić information content (AvgIpc) is 3.80. The first-order chi connectivity index (χ1) is 28.6. The van der Waals surface area contributed by atoms with Gasteiger partial charge in [0.25, 0.3) is 0 Å². The number of nitrogens with zero attached hydrogens (tertiary/aromatic N) is 1. The van der Waals surface area contributed by atoms with Crippen molar-refractivity contribution in [1.29, 1.82) is 0 Å². The number of hydrogen-bond acceptors (Lipinski definition) is 2. The maximum atomic E-state index is 2.42. The lowest BCUT2D eigenvalue weighted by atomic mass is 9.73. The van der Waals surface area contributed by atoms with Crippen molar-refractivity contribution < 1.29 is 0 Å². The molecule has 274 valence electrons. The van der Waals surface area contributed by atoms with Crippen LogP contribution in [0, 0.1) is 0 Å². The molecular formula is C56H39NS. The van der Waals surface area contributed by atoms with E-state index in [-0.39, 0.29) is 5.41 Å².